The molecule has 3 rings (SSSR count). The second kappa shape index (κ2) is 9.39. The number of aromatic nitrogens is 4. The lowest BCUT2D eigenvalue weighted by Gasteiger charge is -2.06. The summed E-state index contributed by atoms with van der Waals surface area (Å²) in [6.07, 6.45) is 0. The van der Waals surface area contributed by atoms with E-state index in [9.17, 15) is 18.8 Å². The average Bonchev–Trinajstić information content (AvgIpc) is 3.15. The van der Waals surface area contributed by atoms with Crippen LogP contribution in [0.2, 0.25) is 0 Å². The highest BCUT2D eigenvalue weighted by Crippen LogP contribution is 2.25. The maximum absolute atomic E-state index is 13.1. The average molecular weight is 435 g/mol. The minimum absolute atomic E-state index is 0.0372. The Balaban J connectivity index is 1.70. The standard InChI is InChI=1S/C17H14FN5O4S2/c1-2-27-14(25)9-28-17-21-20-16(29-17)19-15(26)12-7-8-13(24)23(22-12)11-5-3-10(18)4-6-11/h3-8H,2,9H2,1H3,(H,19,20,26). The Kier molecular flexibility index (Phi) is 6.67. The highest BCUT2D eigenvalue weighted by atomic mass is 32.2. The molecule has 1 aromatic carbocycles. The third kappa shape index (κ3) is 5.45. The number of rotatable bonds is 7. The van der Waals surface area contributed by atoms with Crippen LogP contribution in [0.5, 0.6) is 0 Å². The molecule has 0 saturated heterocycles. The Morgan fingerprint density at radius 2 is 1.97 bits per heavy atom. The van der Waals surface area contributed by atoms with Gasteiger partial charge in [0.15, 0.2) is 4.34 Å². The fraction of sp³-hybridized carbons (Fsp3) is 0.176. The Hall–Kier alpha value is -3.12. The molecule has 150 valence electrons. The zero-order valence-electron chi connectivity index (χ0n) is 15.0. The van der Waals surface area contributed by atoms with Gasteiger partial charge in [-0.3, -0.25) is 19.7 Å². The fourth-order valence-electron chi connectivity index (χ4n) is 2.10. The lowest BCUT2D eigenvalue weighted by Crippen LogP contribution is -2.24. The normalized spacial score (nSPS) is 10.6. The monoisotopic (exact) mass is 435 g/mol. The van der Waals surface area contributed by atoms with E-state index >= 15 is 0 Å². The molecule has 2 aromatic heterocycles. The number of ether oxygens (including phenoxy) is 1. The molecule has 12 heteroatoms. The molecule has 0 fully saturated rings. The molecule has 9 nitrogen and oxygen atoms in total. The van der Waals surface area contributed by atoms with Gasteiger partial charge in [-0.1, -0.05) is 23.1 Å². The maximum Gasteiger partial charge on any atom is 0.316 e. The van der Waals surface area contributed by atoms with Gasteiger partial charge in [-0.25, -0.2) is 4.39 Å². The predicted molar refractivity (Wildman–Crippen MR) is 105 cm³/mol. The van der Waals surface area contributed by atoms with Crippen LogP contribution >= 0.6 is 23.1 Å². The number of nitrogens with zero attached hydrogens (tertiary/aromatic N) is 4. The van der Waals surface area contributed by atoms with Crippen LogP contribution in [0.15, 0.2) is 45.5 Å². The number of hydrogen-bond donors (Lipinski definition) is 1. The lowest BCUT2D eigenvalue weighted by atomic mass is 10.3. The van der Waals surface area contributed by atoms with Gasteiger partial charge >= 0.3 is 5.97 Å². The molecule has 1 amide bonds. The molecule has 0 bridgehead atoms. The number of carbonyl (C=O) groups is 2. The van der Waals surface area contributed by atoms with E-state index in [2.05, 4.69) is 20.6 Å². The molecule has 1 N–H and O–H groups in total. The molecule has 3 aromatic rings. The zero-order chi connectivity index (χ0) is 20.8. The number of benzene rings is 1. The van der Waals surface area contributed by atoms with Crippen molar-refractivity contribution >= 4 is 40.1 Å². The molecule has 0 aliphatic rings. The summed E-state index contributed by atoms with van der Waals surface area (Å²) in [6, 6.07) is 7.59. The van der Waals surface area contributed by atoms with Crippen molar-refractivity contribution in [3.05, 3.63) is 58.3 Å². The van der Waals surface area contributed by atoms with Gasteiger partial charge in [0.2, 0.25) is 5.13 Å². The van der Waals surface area contributed by atoms with Crippen LogP contribution in [-0.2, 0) is 9.53 Å². The Morgan fingerprint density at radius 3 is 2.69 bits per heavy atom. The summed E-state index contributed by atoms with van der Waals surface area (Å²) in [5.74, 6) is -1.34. The fourth-order valence-corrected chi connectivity index (χ4v) is 3.65. The van der Waals surface area contributed by atoms with Gasteiger partial charge in [-0.05, 0) is 37.3 Å². The molecular formula is C17H14FN5O4S2. The van der Waals surface area contributed by atoms with E-state index < -0.39 is 17.3 Å². The number of halogens is 1. The molecule has 0 radical (unpaired) electrons. The van der Waals surface area contributed by atoms with E-state index in [1.54, 1.807) is 6.92 Å². The first-order valence-electron chi connectivity index (χ1n) is 8.26. The molecule has 0 aliphatic heterocycles. The molecule has 0 spiro atoms. The second-order valence-electron chi connectivity index (χ2n) is 5.37. The minimum Gasteiger partial charge on any atom is -0.465 e. The van der Waals surface area contributed by atoms with Crippen LogP contribution in [0, 0.1) is 5.82 Å². The maximum atomic E-state index is 13.1. The van der Waals surface area contributed by atoms with Crippen molar-refractivity contribution < 1.29 is 18.7 Å². The number of anilines is 1. The summed E-state index contributed by atoms with van der Waals surface area (Å²) >= 11 is 2.23. The summed E-state index contributed by atoms with van der Waals surface area (Å²) in [5.41, 5.74) is -0.189. The van der Waals surface area contributed by atoms with Crippen LogP contribution < -0.4 is 10.9 Å². The number of esters is 1. The summed E-state index contributed by atoms with van der Waals surface area (Å²) in [7, 11) is 0. The number of amides is 1. The summed E-state index contributed by atoms with van der Waals surface area (Å²) in [5, 5.41) is 14.5. The topological polar surface area (TPSA) is 116 Å². The number of nitrogens with one attached hydrogen (secondary N) is 1. The van der Waals surface area contributed by atoms with Gasteiger partial charge in [-0.2, -0.15) is 9.78 Å². The van der Waals surface area contributed by atoms with Crippen LogP contribution in [0.25, 0.3) is 5.69 Å². The summed E-state index contributed by atoms with van der Waals surface area (Å²) < 4.78 is 19.4. The number of carbonyl (C=O) groups excluding carboxylic acids is 2. The molecule has 29 heavy (non-hydrogen) atoms. The number of hydrogen-bond acceptors (Lipinski definition) is 9. The van der Waals surface area contributed by atoms with Crippen molar-refractivity contribution in [3.8, 4) is 5.69 Å². The molecule has 2 heterocycles. The van der Waals surface area contributed by atoms with Crippen LogP contribution in [0.3, 0.4) is 0 Å². The van der Waals surface area contributed by atoms with E-state index in [1.165, 1.54) is 36.4 Å². The summed E-state index contributed by atoms with van der Waals surface area (Å²) in [6.45, 7) is 2.01. The Labute approximate surface area is 171 Å². The first-order valence-corrected chi connectivity index (χ1v) is 10.1. The Morgan fingerprint density at radius 1 is 1.21 bits per heavy atom. The van der Waals surface area contributed by atoms with Crippen molar-refractivity contribution in [2.24, 2.45) is 0 Å². The van der Waals surface area contributed by atoms with Crippen LogP contribution in [0.1, 0.15) is 17.4 Å². The van der Waals surface area contributed by atoms with Crippen LogP contribution in [0.4, 0.5) is 9.52 Å². The lowest BCUT2D eigenvalue weighted by molar-refractivity contribution is -0.139. The molecule has 0 atom stereocenters. The van der Waals surface area contributed by atoms with Gasteiger partial charge in [0.05, 0.1) is 18.0 Å². The van der Waals surface area contributed by atoms with Gasteiger partial charge in [0.25, 0.3) is 11.5 Å². The molecular weight excluding hydrogens is 421 g/mol. The van der Waals surface area contributed by atoms with E-state index in [1.807, 2.05) is 0 Å². The van der Waals surface area contributed by atoms with E-state index in [-0.39, 0.29) is 22.5 Å². The van der Waals surface area contributed by atoms with Crippen molar-refractivity contribution in [2.75, 3.05) is 17.7 Å². The molecule has 0 saturated carbocycles. The van der Waals surface area contributed by atoms with Crippen LogP contribution in [-0.4, -0.2) is 44.2 Å². The van der Waals surface area contributed by atoms with Gasteiger partial charge in [0.1, 0.15) is 11.5 Å². The molecule has 0 unspecified atom stereocenters. The highest BCUT2D eigenvalue weighted by molar-refractivity contribution is 8.01. The SMILES string of the molecule is CCOC(=O)CSc1nnc(NC(=O)c2ccc(=O)n(-c3ccc(F)cc3)n2)s1. The quantitative estimate of drug-likeness (QED) is 0.341. The first-order chi connectivity index (χ1) is 14.0. The van der Waals surface area contributed by atoms with Crippen molar-refractivity contribution in [1.82, 2.24) is 20.0 Å². The summed E-state index contributed by atoms with van der Waals surface area (Å²) in [4.78, 5) is 35.8. The van der Waals surface area contributed by atoms with E-state index in [0.29, 0.717) is 16.6 Å². The van der Waals surface area contributed by atoms with E-state index in [0.717, 1.165) is 27.8 Å². The smallest absolute Gasteiger partial charge is 0.316 e. The van der Waals surface area contributed by atoms with E-state index in [4.69, 9.17) is 4.74 Å². The second-order valence-corrected chi connectivity index (χ2v) is 7.57. The zero-order valence-corrected chi connectivity index (χ0v) is 16.6. The van der Waals surface area contributed by atoms with Crippen molar-refractivity contribution in [1.29, 1.82) is 0 Å². The minimum atomic E-state index is -0.598. The molecule has 0 aliphatic carbocycles. The highest BCUT2D eigenvalue weighted by Gasteiger charge is 2.15. The van der Waals surface area contributed by atoms with Crippen molar-refractivity contribution in [3.63, 3.8) is 0 Å². The Bertz CT molecular complexity index is 1080. The first kappa shape index (κ1) is 20.6. The number of thioether (sulfide) groups is 1. The third-order valence-electron chi connectivity index (χ3n) is 3.35. The van der Waals surface area contributed by atoms with Gasteiger partial charge < -0.3 is 4.74 Å². The third-order valence-corrected chi connectivity index (χ3v) is 5.30. The predicted octanol–water partition coefficient (Wildman–Crippen LogP) is 2.13. The van der Waals surface area contributed by atoms with Crippen molar-refractivity contribution in [2.45, 2.75) is 11.3 Å². The van der Waals surface area contributed by atoms with Gasteiger partial charge in [-0.15, -0.1) is 10.2 Å². The van der Waals surface area contributed by atoms with Gasteiger partial charge in [0, 0.05) is 6.07 Å². The largest absolute Gasteiger partial charge is 0.465 e.